The number of hydrogen-bond acceptors (Lipinski definition) is 6. The van der Waals surface area contributed by atoms with Gasteiger partial charge in [-0.05, 0) is 55.1 Å². The second kappa shape index (κ2) is 12.0. The van der Waals surface area contributed by atoms with Crippen LogP contribution >= 0.6 is 0 Å². The molecule has 3 amide bonds. The number of nitrogens with two attached hydrogens (primary N) is 1. The average Bonchev–Trinajstić information content (AvgIpc) is 3.20. The number of piperidine rings is 2. The fourth-order valence-electron chi connectivity index (χ4n) is 4.91. The lowest BCUT2D eigenvalue weighted by Gasteiger charge is -2.33. The molecule has 5 rings (SSSR count). The first kappa shape index (κ1) is 27.6. The molecule has 0 bridgehead atoms. The van der Waals surface area contributed by atoms with E-state index in [4.69, 9.17) is 4.74 Å². The van der Waals surface area contributed by atoms with Crippen molar-refractivity contribution in [1.29, 1.82) is 0 Å². The van der Waals surface area contributed by atoms with Crippen LogP contribution in [0.5, 0.6) is 5.75 Å². The molecule has 0 saturated carbocycles. The summed E-state index contributed by atoms with van der Waals surface area (Å²) >= 11 is 0. The SMILES string of the molecule is NCC(F)(F)F.O=C1CCC(N2Cc3cc(OC4CCCN(Cc5ccccc5)C4)ccc3C2=O)C(=O)N1. The molecule has 3 aliphatic heterocycles. The monoisotopic (exact) mass is 532 g/mol. The number of fused-ring (bicyclic) bond motifs is 1. The first-order valence-electron chi connectivity index (χ1n) is 12.6. The summed E-state index contributed by atoms with van der Waals surface area (Å²) in [5.41, 5.74) is 6.96. The van der Waals surface area contributed by atoms with Crippen LogP contribution in [0.15, 0.2) is 48.5 Å². The Morgan fingerprint density at radius 1 is 1.05 bits per heavy atom. The van der Waals surface area contributed by atoms with E-state index in [0.29, 0.717) is 18.5 Å². The van der Waals surface area contributed by atoms with Crippen LogP contribution in [-0.2, 0) is 22.7 Å². The standard InChI is InChI=1S/C25H27N3O4.C2H4F3N/c29-23-11-10-22(24(30)26-23)28-15-18-13-19(8-9-21(18)25(28)31)32-20-7-4-12-27(16-20)14-17-5-2-1-3-6-17;3-2(4,5)1-6/h1-3,5-6,8-9,13,20,22H,4,7,10-12,14-16H2,(H,26,29,30);1,6H2. The number of hydrogen-bond donors (Lipinski definition) is 2. The number of nitrogens with one attached hydrogen (secondary N) is 1. The second-order valence-corrected chi connectivity index (χ2v) is 9.64. The van der Waals surface area contributed by atoms with E-state index < -0.39 is 18.8 Å². The van der Waals surface area contributed by atoms with E-state index in [-0.39, 0.29) is 30.2 Å². The quantitative estimate of drug-likeness (QED) is 0.574. The Hall–Kier alpha value is -3.44. The molecule has 3 aliphatic rings. The van der Waals surface area contributed by atoms with Crippen molar-refractivity contribution in [2.24, 2.45) is 5.73 Å². The van der Waals surface area contributed by atoms with E-state index in [2.05, 4.69) is 40.2 Å². The molecular formula is C27H31F3N4O4. The van der Waals surface area contributed by atoms with E-state index >= 15 is 0 Å². The highest BCUT2D eigenvalue weighted by molar-refractivity contribution is 6.05. The van der Waals surface area contributed by atoms with Gasteiger partial charge in [0.1, 0.15) is 17.9 Å². The Morgan fingerprint density at radius 3 is 2.47 bits per heavy atom. The summed E-state index contributed by atoms with van der Waals surface area (Å²) in [6.45, 7) is 1.98. The number of ether oxygens (including phenoxy) is 1. The van der Waals surface area contributed by atoms with Crippen molar-refractivity contribution in [1.82, 2.24) is 15.1 Å². The molecule has 2 aromatic carbocycles. The number of likely N-dealkylation sites (tertiary alicyclic amines) is 1. The van der Waals surface area contributed by atoms with Crippen LogP contribution in [0.2, 0.25) is 0 Å². The fraction of sp³-hybridized carbons (Fsp3) is 0.444. The predicted molar refractivity (Wildman–Crippen MR) is 133 cm³/mol. The highest BCUT2D eigenvalue weighted by Crippen LogP contribution is 2.31. The Balaban J connectivity index is 0.000000505. The van der Waals surface area contributed by atoms with Crippen molar-refractivity contribution >= 4 is 17.7 Å². The number of rotatable bonds is 5. The van der Waals surface area contributed by atoms with Gasteiger partial charge in [-0.1, -0.05) is 30.3 Å². The number of imide groups is 1. The van der Waals surface area contributed by atoms with Crippen LogP contribution < -0.4 is 15.8 Å². The lowest BCUT2D eigenvalue weighted by molar-refractivity contribution is -0.137. The van der Waals surface area contributed by atoms with Crippen LogP contribution in [-0.4, -0.2) is 65.5 Å². The number of nitrogens with zero attached hydrogens (tertiary/aromatic N) is 2. The minimum Gasteiger partial charge on any atom is -0.489 e. The summed E-state index contributed by atoms with van der Waals surface area (Å²) in [6.07, 6.45) is -1.36. The molecule has 2 unspecified atom stereocenters. The predicted octanol–water partition coefficient (Wildman–Crippen LogP) is 3.00. The summed E-state index contributed by atoms with van der Waals surface area (Å²) in [6, 6.07) is 15.4. The Bertz CT molecular complexity index is 1160. The van der Waals surface area contributed by atoms with Crippen molar-refractivity contribution in [3.8, 4) is 5.75 Å². The van der Waals surface area contributed by atoms with E-state index in [0.717, 1.165) is 43.8 Å². The van der Waals surface area contributed by atoms with Gasteiger partial charge in [-0.3, -0.25) is 24.6 Å². The van der Waals surface area contributed by atoms with Crippen LogP contribution in [0.4, 0.5) is 13.2 Å². The summed E-state index contributed by atoms with van der Waals surface area (Å²) in [4.78, 5) is 40.5. The van der Waals surface area contributed by atoms with E-state index in [9.17, 15) is 27.6 Å². The lowest BCUT2D eigenvalue weighted by atomic mass is 10.0. The van der Waals surface area contributed by atoms with E-state index in [1.807, 2.05) is 18.2 Å². The summed E-state index contributed by atoms with van der Waals surface area (Å²) < 4.78 is 38.3. The Kier molecular flexibility index (Phi) is 8.68. The number of carbonyl (C=O) groups is 3. The van der Waals surface area contributed by atoms with Gasteiger partial charge in [-0.25, -0.2) is 0 Å². The van der Waals surface area contributed by atoms with Crippen molar-refractivity contribution in [2.45, 2.75) is 57.1 Å². The molecule has 2 saturated heterocycles. The largest absolute Gasteiger partial charge is 0.489 e. The zero-order chi connectivity index (χ0) is 27.3. The molecule has 204 valence electrons. The highest BCUT2D eigenvalue weighted by Gasteiger charge is 2.39. The van der Waals surface area contributed by atoms with Gasteiger partial charge in [0.2, 0.25) is 11.8 Å². The van der Waals surface area contributed by atoms with E-state index in [1.54, 1.807) is 11.0 Å². The third-order valence-electron chi connectivity index (χ3n) is 6.74. The van der Waals surface area contributed by atoms with Gasteiger partial charge >= 0.3 is 6.18 Å². The molecule has 8 nitrogen and oxygen atoms in total. The fourth-order valence-corrected chi connectivity index (χ4v) is 4.91. The van der Waals surface area contributed by atoms with Crippen LogP contribution in [0.1, 0.15) is 47.2 Å². The van der Waals surface area contributed by atoms with Crippen molar-refractivity contribution in [3.05, 3.63) is 65.2 Å². The number of carbonyl (C=O) groups excluding carboxylic acids is 3. The van der Waals surface area contributed by atoms with E-state index in [1.165, 1.54) is 5.56 Å². The number of benzene rings is 2. The molecule has 0 spiro atoms. The molecule has 3 N–H and O–H groups in total. The average molecular weight is 533 g/mol. The van der Waals surface area contributed by atoms with Crippen LogP contribution in [0, 0.1) is 0 Å². The molecular weight excluding hydrogens is 501 g/mol. The van der Waals surface area contributed by atoms with Crippen LogP contribution in [0.3, 0.4) is 0 Å². The molecule has 11 heteroatoms. The normalized spacial score (nSPS) is 21.9. The molecule has 3 heterocycles. The molecule has 0 aromatic heterocycles. The van der Waals surface area contributed by atoms with Gasteiger partial charge in [0.05, 0.1) is 6.54 Å². The zero-order valence-corrected chi connectivity index (χ0v) is 20.9. The smallest absolute Gasteiger partial charge is 0.400 e. The maximum absolute atomic E-state index is 12.9. The zero-order valence-electron chi connectivity index (χ0n) is 20.9. The molecule has 38 heavy (non-hydrogen) atoms. The maximum Gasteiger partial charge on any atom is 0.400 e. The van der Waals surface area contributed by atoms with Gasteiger partial charge < -0.3 is 15.4 Å². The van der Waals surface area contributed by atoms with Crippen LogP contribution in [0.25, 0.3) is 0 Å². The summed E-state index contributed by atoms with van der Waals surface area (Å²) in [7, 11) is 0. The minimum absolute atomic E-state index is 0.105. The van der Waals surface area contributed by atoms with Gasteiger partial charge in [0.25, 0.3) is 5.91 Å². The summed E-state index contributed by atoms with van der Waals surface area (Å²) in [5, 5.41) is 2.34. The Labute approximate surface area is 218 Å². The number of amides is 3. The third kappa shape index (κ3) is 7.11. The van der Waals surface area contributed by atoms with Crippen molar-refractivity contribution in [2.75, 3.05) is 19.6 Å². The highest BCUT2D eigenvalue weighted by atomic mass is 19.4. The van der Waals surface area contributed by atoms with Crippen molar-refractivity contribution < 1.29 is 32.3 Å². The number of halogens is 3. The third-order valence-corrected chi connectivity index (χ3v) is 6.74. The van der Waals surface area contributed by atoms with Crippen molar-refractivity contribution in [3.63, 3.8) is 0 Å². The minimum atomic E-state index is -4.18. The van der Waals surface area contributed by atoms with Gasteiger partial charge in [-0.2, -0.15) is 13.2 Å². The molecule has 2 aromatic rings. The molecule has 2 fully saturated rings. The second-order valence-electron chi connectivity index (χ2n) is 9.64. The topological polar surface area (TPSA) is 105 Å². The van der Waals surface area contributed by atoms with Gasteiger partial charge in [0.15, 0.2) is 0 Å². The van der Waals surface area contributed by atoms with Gasteiger partial charge in [-0.15, -0.1) is 0 Å². The first-order chi connectivity index (χ1) is 18.1. The summed E-state index contributed by atoms with van der Waals surface area (Å²) in [5.74, 6) is -0.0690. The molecule has 0 aliphatic carbocycles. The molecule has 0 radical (unpaired) electrons. The Morgan fingerprint density at radius 2 is 1.79 bits per heavy atom. The lowest BCUT2D eigenvalue weighted by Crippen LogP contribution is -2.52. The van der Waals surface area contributed by atoms with Gasteiger partial charge in [0, 0.05) is 31.6 Å². The number of alkyl halides is 3. The maximum atomic E-state index is 12.9. The first-order valence-corrected chi connectivity index (χ1v) is 12.6. The molecule has 2 atom stereocenters.